The van der Waals surface area contributed by atoms with Crippen molar-refractivity contribution in [3.8, 4) is 0 Å². The van der Waals surface area contributed by atoms with Crippen LogP contribution in [0.5, 0.6) is 0 Å². The summed E-state index contributed by atoms with van der Waals surface area (Å²) >= 11 is 0. The van der Waals surface area contributed by atoms with Crippen molar-refractivity contribution in [1.29, 1.82) is 0 Å². The molecule has 4 nitrogen and oxygen atoms in total. The molecule has 0 aromatic heterocycles. The first-order valence-corrected chi connectivity index (χ1v) is 7.80. The molecule has 2 rings (SSSR count). The molecule has 1 heterocycles. The van der Waals surface area contributed by atoms with Gasteiger partial charge in [0.15, 0.2) is 0 Å². The van der Waals surface area contributed by atoms with Crippen molar-refractivity contribution in [2.24, 2.45) is 11.1 Å². The number of carbonyl (C=O) groups excluding carboxylic acids is 1. The summed E-state index contributed by atoms with van der Waals surface area (Å²) in [6, 6.07) is 7.47. The van der Waals surface area contributed by atoms with E-state index in [0.29, 0.717) is 0 Å². The lowest BCUT2D eigenvalue weighted by molar-refractivity contribution is -0.119. The molecule has 116 valence electrons. The maximum atomic E-state index is 12.3. The van der Waals surface area contributed by atoms with Crippen molar-refractivity contribution < 1.29 is 4.79 Å². The Morgan fingerprint density at radius 2 is 1.81 bits per heavy atom. The molecule has 1 fully saturated rings. The zero-order valence-electron chi connectivity index (χ0n) is 13.4. The Morgan fingerprint density at radius 3 is 2.43 bits per heavy atom. The quantitative estimate of drug-likeness (QED) is 0.899. The number of piperidine rings is 1. The predicted molar refractivity (Wildman–Crippen MR) is 88.6 cm³/mol. The van der Waals surface area contributed by atoms with Crippen molar-refractivity contribution >= 4 is 17.3 Å². The van der Waals surface area contributed by atoms with Gasteiger partial charge in [-0.1, -0.05) is 32.9 Å². The number of rotatable bonds is 3. The molecule has 0 bridgehead atoms. The third kappa shape index (κ3) is 3.97. The molecular formula is C17H27N3O. The summed E-state index contributed by atoms with van der Waals surface area (Å²) in [6.07, 6.45) is 3.72. The average molecular weight is 289 g/mol. The average Bonchev–Trinajstić information content (AvgIpc) is 2.47. The summed E-state index contributed by atoms with van der Waals surface area (Å²) in [4.78, 5) is 14.7. The van der Waals surface area contributed by atoms with Crippen LogP contribution >= 0.6 is 0 Å². The van der Waals surface area contributed by atoms with E-state index in [4.69, 9.17) is 5.73 Å². The SMILES string of the molecule is CC(C)(C)[C@@H](N)C(=O)Nc1ccccc1N1CCCCC1. The van der Waals surface area contributed by atoms with E-state index < -0.39 is 6.04 Å². The van der Waals surface area contributed by atoms with Crippen LogP contribution in [-0.2, 0) is 4.79 Å². The lowest BCUT2D eigenvalue weighted by Crippen LogP contribution is -2.45. The lowest BCUT2D eigenvalue weighted by atomic mass is 9.87. The van der Waals surface area contributed by atoms with Crippen LogP contribution in [0.1, 0.15) is 40.0 Å². The molecule has 4 heteroatoms. The van der Waals surface area contributed by atoms with Gasteiger partial charge in [0.2, 0.25) is 5.91 Å². The number of nitrogens with two attached hydrogens (primary N) is 1. The van der Waals surface area contributed by atoms with Gasteiger partial charge in [-0.3, -0.25) is 4.79 Å². The van der Waals surface area contributed by atoms with E-state index in [1.807, 2.05) is 39.0 Å². The Labute approximate surface area is 127 Å². The predicted octanol–water partition coefficient (Wildman–Crippen LogP) is 2.99. The second-order valence-corrected chi connectivity index (χ2v) is 6.90. The molecular weight excluding hydrogens is 262 g/mol. The summed E-state index contributed by atoms with van der Waals surface area (Å²) in [5.74, 6) is -0.119. The highest BCUT2D eigenvalue weighted by atomic mass is 16.2. The molecule has 1 aromatic rings. The highest BCUT2D eigenvalue weighted by Crippen LogP contribution is 2.29. The molecule has 1 aromatic carbocycles. The third-order valence-electron chi connectivity index (χ3n) is 4.07. The summed E-state index contributed by atoms with van der Waals surface area (Å²) in [5, 5.41) is 3.01. The van der Waals surface area contributed by atoms with Crippen molar-refractivity contribution in [3.63, 3.8) is 0 Å². The zero-order chi connectivity index (χ0) is 15.5. The fourth-order valence-corrected chi connectivity index (χ4v) is 2.59. The zero-order valence-corrected chi connectivity index (χ0v) is 13.4. The number of benzene rings is 1. The molecule has 0 unspecified atom stereocenters. The van der Waals surface area contributed by atoms with Crippen molar-refractivity contribution in [3.05, 3.63) is 24.3 Å². The van der Waals surface area contributed by atoms with Crippen LogP contribution in [0.15, 0.2) is 24.3 Å². The number of hydrogen-bond donors (Lipinski definition) is 2. The fraction of sp³-hybridized carbons (Fsp3) is 0.588. The summed E-state index contributed by atoms with van der Waals surface area (Å²) in [7, 11) is 0. The second-order valence-electron chi connectivity index (χ2n) is 6.90. The van der Waals surface area contributed by atoms with Gasteiger partial charge in [0.1, 0.15) is 0 Å². The minimum atomic E-state index is -0.521. The van der Waals surface area contributed by atoms with E-state index in [9.17, 15) is 4.79 Å². The van der Waals surface area contributed by atoms with Crippen molar-refractivity contribution in [2.75, 3.05) is 23.3 Å². The molecule has 1 saturated heterocycles. The number of hydrogen-bond acceptors (Lipinski definition) is 3. The maximum absolute atomic E-state index is 12.3. The van der Waals surface area contributed by atoms with E-state index in [-0.39, 0.29) is 11.3 Å². The van der Waals surface area contributed by atoms with Crippen LogP contribution in [0.2, 0.25) is 0 Å². The molecule has 0 aliphatic carbocycles. The first-order valence-electron chi connectivity index (χ1n) is 7.80. The summed E-state index contributed by atoms with van der Waals surface area (Å²) in [6.45, 7) is 8.05. The minimum Gasteiger partial charge on any atom is -0.370 e. The highest BCUT2D eigenvalue weighted by molar-refractivity contribution is 5.98. The summed E-state index contributed by atoms with van der Waals surface area (Å²) in [5.41, 5.74) is 7.77. The Morgan fingerprint density at radius 1 is 1.19 bits per heavy atom. The maximum Gasteiger partial charge on any atom is 0.241 e. The van der Waals surface area contributed by atoms with Gasteiger partial charge < -0.3 is 16.0 Å². The fourth-order valence-electron chi connectivity index (χ4n) is 2.59. The highest BCUT2D eigenvalue weighted by Gasteiger charge is 2.28. The van der Waals surface area contributed by atoms with Crippen LogP contribution in [0.3, 0.4) is 0 Å². The normalized spacial score (nSPS) is 17.4. The number of anilines is 2. The van der Waals surface area contributed by atoms with Gasteiger partial charge in [-0.05, 0) is 36.8 Å². The van der Waals surface area contributed by atoms with Gasteiger partial charge in [0, 0.05) is 13.1 Å². The first-order chi connectivity index (χ1) is 9.89. The molecule has 0 radical (unpaired) electrons. The van der Waals surface area contributed by atoms with Gasteiger partial charge in [0.05, 0.1) is 17.4 Å². The molecule has 0 saturated carbocycles. The topological polar surface area (TPSA) is 58.4 Å². The first kappa shape index (κ1) is 15.8. The monoisotopic (exact) mass is 289 g/mol. The van der Waals surface area contributed by atoms with Crippen LogP contribution in [0.25, 0.3) is 0 Å². The standard InChI is InChI=1S/C17H27N3O/c1-17(2,3)15(18)16(21)19-13-9-5-6-10-14(13)20-11-7-4-8-12-20/h5-6,9-10,15H,4,7-8,11-12,18H2,1-3H3,(H,19,21)/t15-/m0/s1. The van der Waals surface area contributed by atoms with Crippen LogP contribution < -0.4 is 16.0 Å². The lowest BCUT2D eigenvalue weighted by Gasteiger charge is -2.31. The van der Waals surface area contributed by atoms with Crippen LogP contribution in [0.4, 0.5) is 11.4 Å². The Kier molecular flexibility index (Phi) is 4.88. The molecule has 1 amide bonds. The van der Waals surface area contributed by atoms with Gasteiger partial charge >= 0.3 is 0 Å². The number of para-hydroxylation sites is 2. The number of nitrogens with one attached hydrogen (secondary N) is 1. The molecule has 3 N–H and O–H groups in total. The third-order valence-corrected chi connectivity index (χ3v) is 4.07. The smallest absolute Gasteiger partial charge is 0.241 e. The van der Waals surface area contributed by atoms with Gasteiger partial charge in [-0.2, -0.15) is 0 Å². The van der Waals surface area contributed by atoms with Gasteiger partial charge in [-0.25, -0.2) is 0 Å². The number of carbonyl (C=O) groups is 1. The molecule has 0 spiro atoms. The Hall–Kier alpha value is -1.55. The van der Waals surface area contributed by atoms with E-state index in [0.717, 1.165) is 24.5 Å². The Balaban J connectivity index is 2.15. The van der Waals surface area contributed by atoms with Crippen molar-refractivity contribution in [1.82, 2.24) is 0 Å². The van der Waals surface area contributed by atoms with E-state index in [1.165, 1.54) is 19.3 Å². The molecule has 1 atom stereocenters. The minimum absolute atomic E-state index is 0.119. The largest absolute Gasteiger partial charge is 0.370 e. The molecule has 1 aliphatic rings. The van der Waals surface area contributed by atoms with Crippen LogP contribution in [0, 0.1) is 5.41 Å². The molecule has 1 aliphatic heterocycles. The number of nitrogens with zero attached hydrogens (tertiary/aromatic N) is 1. The van der Waals surface area contributed by atoms with Gasteiger partial charge in [-0.15, -0.1) is 0 Å². The Bertz CT molecular complexity index is 487. The van der Waals surface area contributed by atoms with E-state index in [2.05, 4.69) is 16.3 Å². The second kappa shape index (κ2) is 6.48. The van der Waals surface area contributed by atoms with Gasteiger partial charge in [0.25, 0.3) is 0 Å². The molecule has 21 heavy (non-hydrogen) atoms. The van der Waals surface area contributed by atoms with Crippen molar-refractivity contribution in [2.45, 2.75) is 46.1 Å². The van der Waals surface area contributed by atoms with E-state index >= 15 is 0 Å². The number of amides is 1. The summed E-state index contributed by atoms with van der Waals surface area (Å²) < 4.78 is 0. The van der Waals surface area contributed by atoms with E-state index in [1.54, 1.807) is 0 Å². The van der Waals surface area contributed by atoms with Crippen LogP contribution in [-0.4, -0.2) is 25.0 Å².